The van der Waals surface area contributed by atoms with E-state index in [1.54, 1.807) is 83.4 Å². The van der Waals surface area contributed by atoms with Crippen LogP contribution in [0, 0.1) is 5.92 Å². The molecule has 4 rings (SSSR count). The lowest BCUT2D eigenvalue weighted by Gasteiger charge is -2.31. The number of carbonyl (C=O) groups excluding carboxylic acids is 7. The Balaban J connectivity index is 1.49. The highest BCUT2D eigenvalue weighted by Gasteiger charge is 2.45. The van der Waals surface area contributed by atoms with Crippen LogP contribution in [0.25, 0.3) is 0 Å². The summed E-state index contributed by atoms with van der Waals surface area (Å²) >= 11 is 0. The Kier molecular flexibility index (Phi) is 15.1. The largest absolute Gasteiger partial charge is 0.493 e. The summed E-state index contributed by atoms with van der Waals surface area (Å²) in [6.45, 7) is 8.98. The van der Waals surface area contributed by atoms with E-state index in [2.05, 4.69) is 21.3 Å². The van der Waals surface area contributed by atoms with Crippen molar-refractivity contribution in [3.05, 3.63) is 65.7 Å². The van der Waals surface area contributed by atoms with Gasteiger partial charge in [0.1, 0.15) is 23.9 Å². The number of amides is 6. The van der Waals surface area contributed by atoms with E-state index >= 15 is 0 Å². The molecular formula is C41H56N6O9. The maximum Gasteiger partial charge on any atom is 0.290 e. The number of ketones is 1. The molecule has 15 heteroatoms. The second kappa shape index (κ2) is 19.5. The minimum absolute atomic E-state index is 0.0151. The number of hydrogen-bond acceptors (Lipinski definition) is 9. The maximum atomic E-state index is 14.2. The van der Waals surface area contributed by atoms with E-state index in [0.717, 1.165) is 0 Å². The number of nitrogens with zero attached hydrogens (tertiary/aromatic N) is 2. The molecule has 0 radical (unpaired) electrons. The van der Waals surface area contributed by atoms with Crippen LogP contribution in [0.5, 0.6) is 5.75 Å². The second-order valence-corrected chi connectivity index (χ2v) is 15.5. The van der Waals surface area contributed by atoms with Gasteiger partial charge in [-0.1, -0.05) is 69.7 Å². The van der Waals surface area contributed by atoms with Crippen molar-refractivity contribution >= 4 is 41.2 Å². The third-order valence-corrected chi connectivity index (χ3v) is 9.79. The Morgan fingerprint density at radius 2 is 1.71 bits per heavy atom. The molecule has 4 bridgehead atoms. The summed E-state index contributed by atoms with van der Waals surface area (Å²) in [5, 5.41) is 10.5. The molecule has 2 heterocycles. The highest BCUT2D eigenvalue weighted by Crippen LogP contribution is 2.29. The van der Waals surface area contributed by atoms with Crippen LogP contribution in [-0.4, -0.2) is 115 Å². The summed E-state index contributed by atoms with van der Waals surface area (Å²) < 4.78 is 12.5. The summed E-state index contributed by atoms with van der Waals surface area (Å²) in [4.78, 5) is 96.6. The fourth-order valence-corrected chi connectivity index (χ4v) is 6.78. The van der Waals surface area contributed by atoms with Crippen molar-refractivity contribution in [3.8, 4) is 5.75 Å². The van der Waals surface area contributed by atoms with Gasteiger partial charge in [0.05, 0.1) is 37.3 Å². The van der Waals surface area contributed by atoms with Crippen LogP contribution in [0.3, 0.4) is 0 Å². The molecule has 304 valence electrons. The second-order valence-electron chi connectivity index (χ2n) is 15.5. The van der Waals surface area contributed by atoms with Gasteiger partial charge in [-0.05, 0) is 49.4 Å². The summed E-state index contributed by atoms with van der Waals surface area (Å²) in [5.41, 5.74) is 0.555. The Morgan fingerprint density at radius 1 is 1.00 bits per heavy atom. The van der Waals surface area contributed by atoms with Gasteiger partial charge in [0, 0.05) is 33.5 Å². The monoisotopic (exact) mass is 776 g/mol. The van der Waals surface area contributed by atoms with Gasteiger partial charge >= 0.3 is 0 Å². The summed E-state index contributed by atoms with van der Waals surface area (Å²) in [7, 11) is 3.11. The van der Waals surface area contributed by atoms with Gasteiger partial charge in [-0.2, -0.15) is 0 Å². The number of benzene rings is 2. The quantitative estimate of drug-likeness (QED) is 0.233. The standard InChI is InChI=1S/C41H56N6O9/c1-8-13-30(36(50)38(52)42-23-33(49)45-35(39(53)46(6)7)27-15-10-9-11-16-27)43-37(51)31-22-29-24-47(31)40(54)34(25(2)3)44-32(48)21-26-14-12-17-28(20-26)55-19-18-41(4,5)56-29/h9-12,14-17,20,25,29-31,34-35H,8,13,18-19,21-24H2,1-7H3,(H,42,52)(H,43,51)(H,44,48)(H,45,49)/t29-,30?,31?,34+,35+/m1/s1. The van der Waals surface area contributed by atoms with Gasteiger partial charge in [-0.25, -0.2) is 0 Å². The smallest absolute Gasteiger partial charge is 0.290 e. The van der Waals surface area contributed by atoms with Crippen LogP contribution in [0.4, 0.5) is 0 Å². The van der Waals surface area contributed by atoms with E-state index in [1.807, 2.05) is 19.9 Å². The highest BCUT2D eigenvalue weighted by molar-refractivity contribution is 6.38. The van der Waals surface area contributed by atoms with Crippen molar-refractivity contribution in [2.45, 2.75) is 103 Å². The number of fused-ring (bicyclic) bond motifs is 4. The molecule has 15 nitrogen and oxygen atoms in total. The average molecular weight is 777 g/mol. The highest BCUT2D eigenvalue weighted by atomic mass is 16.5. The Hall–Kier alpha value is -5.31. The predicted molar refractivity (Wildman–Crippen MR) is 207 cm³/mol. The first kappa shape index (κ1) is 43.4. The van der Waals surface area contributed by atoms with Crippen molar-refractivity contribution in [2.75, 3.05) is 33.8 Å². The van der Waals surface area contributed by atoms with Crippen LogP contribution in [-0.2, 0) is 44.7 Å². The van der Waals surface area contributed by atoms with Crippen LogP contribution in [0.1, 0.15) is 77.5 Å². The van der Waals surface area contributed by atoms with E-state index in [1.165, 1.54) is 9.80 Å². The zero-order chi connectivity index (χ0) is 41.2. The first-order valence-corrected chi connectivity index (χ1v) is 19.2. The van der Waals surface area contributed by atoms with Gasteiger partial charge in [0.25, 0.3) is 5.91 Å². The van der Waals surface area contributed by atoms with Crippen LogP contribution >= 0.6 is 0 Å². The number of Topliss-reactive ketones (excluding diaryl/α,β-unsaturated/α-hetero) is 1. The van der Waals surface area contributed by atoms with Crippen molar-refractivity contribution in [1.82, 2.24) is 31.1 Å². The molecule has 2 aliphatic rings. The summed E-state index contributed by atoms with van der Waals surface area (Å²) in [6.07, 6.45) is 0.583. The molecule has 0 saturated carbocycles. The minimum atomic E-state index is -1.26. The zero-order valence-electron chi connectivity index (χ0n) is 33.4. The van der Waals surface area contributed by atoms with Gasteiger partial charge in [-0.15, -0.1) is 0 Å². The normalized spacial score (nSPS) is 20.9. The van der Waals surface area contributed by atoms with Crippen LogP contribution in [0.15, 0.2) is 54.6 Å². The van der Waals surface area contributed by atoms with Gasteiger partial charge < -0.3 is 40.5 Å². The number of hydrogen-bond donors (Lipinski definition) is 4. The first-order chi connectivity index (χ1) is 26.5. The molecule has 4 N–H and O–H groups in total. The average Bonchev–Trinajstić information content (AvgIpc) is 3.57. The molecule has 56 heavy (non-hydrogen) atoms. The molecule has 1 saturated heterocycles. The van der Waals surface area contributed by atoms with Gasteiger partial charge in [0.2, 0.25) is 35.3 Å². The number of rotatable bonds is 12. The zero-order valence-corrected chi connectivity index (χ0v) is 33.4. The Labute approximate surface area is 328 Å². The van der Waals surface area contributed by atoms with Crippen molar-refractivity contribution < 1.29 is 43.0 Å². The van der Waals surface area contributed by atoms with Gasteiger partial charge in [0.15, 0.2) is 0 Å². The molecule has 0 spiro atoms. The topological polar surface area (TPSA) is 193 Å². The maximum absolute atomic E-state index is 14.2. The molecule has 6 amide bonds. The lowest BCUT2D eigenvalue weighted by Crippen LogP contribution is -2.57. The van der Waals surface area contributed by atoms with E-state index in [4.69, 9.17) is 9.47 Å². The van der Waals surface area contributed by atoms with E-state index in [-0.39, 0.29) is 43.5 Å². The lowest BCUT2D eigenvalue weighted by molar-refractivity contribution is -0.144. The molecule has 2 aromatic rings. The summed E-state index contributed by atoms with van der Waals surface area (Å²) in [5.74, 6) is -4.36. The molecular weight excluding hydrogens is 720 g/mol. The first-order valence-electron chi connectivity index (χ1n) is 19.2. The van der Waals surface area contributed by atoms with Gasteiger partial charge in [-0.3, -0.25) is 33.6 Å². The van der Waals surface area contributed by atoms with E-state index < -0.39 is 71.8 Å². The fourth-order valence-electron chi connectivity index (χ4n) is 6.78. The number of nitrogens with one attached hydrogen (secondary N) is 4. The predicted octanol–water partition coefficient (Wildman–Crippen LogP) is 1.83. The third kappa shape index (κ3) is 11.8. The molecule has 1 fully saturated rings. The van der Waals surface area contributed by atoms with E-state index in [9.17, 15) is 33.6 Å². The SMILES string of the molecule is CCCC(NC(=O)C1C[C@@H]2CN1C(=O)[C@H](C(C)C)NC(=O)Cc1cccc(c1)OCCC(C)(C)O2)C(=O)C(=O)NCC(=O)N[C@H](C(=O)N(C)C)c1ccccc1. The Bertz CT molecular complexity index is 1750. The van der Waals surface area contributed by atoms with Crippen molar-refractivity contribution in [3.63, 3.8) is 0 Å². The minimum Gasteiger partial charge on any atom is -0.493 e. The number of likely N-dealkylation sites (N-methyl/N-ethyl adjacent to an activating group) is 1. The van der Waals surface area contributed by atoms with E-state index in [0.29, 0.717) is 36.3 Å². The summed E-state index contributed by atoms with van der Waals surface area (Å²) in [6, 6.07) is 11.5. The molecule has 2 unspecified atom stereocenters. The Morgan fingerprint density at radius 3 is 2.38 bits per heavy atom. The molecule has 0 aromatic heterocycles. The molecule has 2 aromatic carbocycles. The number of carbonyl (C=O) groups is 7. The third-order valence-electron chi connectivity index (χ3n) is 9.79. The van der Waals surface area contributed by atoms with Crippen LogP contribution in [0.2, 0.25) is 0 Å². The number of ether oxygens (including phenoxy) is 2. The molecule has 0 aliphatic carbocycles. The fraction of sp³-hybridized carbons (Fsp3) is 0.537. The van der Waals surface area contributed by atoms with Crippen molar-refractivity contribution in [1.29, 1.82) is 0 Å². The molecule has 5 atom stereocenters. The van der Waals surface area contributed by atoms with Crippen molar-refractivity contribution in [2.24, 2.45) is 5.92 Å². The van der Waals surface area contributed by atoms with Crippen LogP contribution < -0.4 is 26.0 Å². The lowest BCUT2D eigenvalue weighted by atomic mass is 10.0. The molecule has 2 aliphatic heterocycles.